The summed E-state index contributed by atoms with van der Waals surface area (Å²) in [5, 5.41) is 2.55. The number of alkyl halides is 3. The van der Waals surface area contributed by atoms with Crippen molar-refractivity contribution < 1.29 is 27.3 Å². The van der Waals surface area contributed by atoms with Crippen molar-refractivity contribution >= 4 is 17.3 Å². The molecule has 0 saturated carbocycles. The fourth-order valence-corrected chi connectivity index (χ4v) is 2.81. The summed E-state index contributed by atoms with van der Waals surface area (Å²) in [5.41, 5.74) is -0.0815. The predicted octanol–water partition coefficient (Wildman–Crippen LogP) is 1.89. The zero-order valence-electron chi connectivity index (χ0n) is 13.7. The molecule has 0 atom stereocenters. The lowest BCUT2D eigenvalue weighted by Gasteiger charge is -2.33. The van der Waals surface area contributed by atoms with Crippen LogP contribution in [0.3, 0.4) is 0 Å². The molecule has 8 heteroatoms. The van der Waals surface area contributed by atoms with E-state index in [1.54, 1.807) is 6.07 Å². The first-order chi connectivity index (χ1) is 11.8. The minimum atomic E-state index is -4.48. The number of amides is 1. The van der Waals surface area contributed by atoms with Crippen molar-refractivity contribution in [2.24, 2.45) is 0 Å². The van der Waals surface area contributed by atoms with E-state index in [1.807, 2.05) is 4.90 Å². The molecule has 2 aromatic rings. The Morgan fingerprint density at radius 1 is 1.24 bits per heavy atom. The molecular formula is C17H19F3N3O2+. The monoisotopic (exact) mass is 354 g/mol. The lowest BCUT2D eigenvalue weighted by Crippen LogP contribution is -3.12. The number of anilines is 2. The van der Waals surface area contributed by atoms with E-state index < -0.39 is 17.6 Å². The van der Waals surface area contributed by atoms with Crippen LogP contribution in [-0.2, 0) is 6.18 Å². The number of nitrogens with one attached hydrogen (secondary N) is 2. The Labute approximate surface area is 143 Å². The van der Waals surface area contributed by atoms with Gasteiger partial charge in [-0.05, 0) is 30.3 Å². The van der Waals surface area contributed by atoms with Gasteiger partial charge in [-0.25, -0.2) is 0 Å². The van der Waals surface area contributed by atoms with Gasteiger partial charge in [0.15, 0.2) is 5.76 Å². The van der Waals surface area contributed by atoms with Crippen LogP contribution in [0.4, 0.5) is 24.5 Å². The number of halogens is 3. The highest BCUT2D eigenvalue weighted by Gasteiger charge is 2.32. The first-order valence-corrected chi connectivity index (χ1v) is 7.97. The summed E-state index contributed by atoms with van der Waals surface area (Å²) in [6.45, 7) is 3.18. The second kappa shape index (κ2) is 6.79. The molecule has 25 heavy (non-hydrogen) atoms. The standard InChI is InChI=1S/C17H18F3N3O2/c1-22-6-8-23(9-7-22)14-5-4-12(17(18,19)20)11-13(14)21-16(24)15-3-2-10-25-15/h2-5,10-11H,6-9H2,1H3,(H,21,24)/p+1. The third kappa shape index (κ3) is 3.96. The maximum absolute atomic E-state index is 13.1. The molecule has 0 spiro atoms. The Kier molecular flexibility index (Phi) is 4.71. The molecule has 2 N–H and O–H groups in total. The Bertz CT molecular complexity index is 736. The van der Waals surface area contributed by atoms with Gasteiger partial charge in [-0.2, -0.15) is 13.2 Å². The molecule has 1 saturated heterocycles. The Balaban J connectivity index is 1.92. The van der Waals surface area contributed by atoms with Gasteiger partial charge < -0.3 is 19.5 Å². The van der Waals surface area contributed by atoms with Crippen molar-refractivity contribution in [2.75, 3.05) is 43.4 Å². The van der Waals surface area contributed by atoms with E-state index in [-0.39, 0.29) is 11.4 Å². The third-order valence-electron chi connectivity index (χ3n) is 4.27. The van der Waals surface area contributed by atoms with Crippen LogP contribution < -0.4 is 15.1 Å². The molecule has 1 amide bonds. The number of benzene rings is 1. The van der Waals surface area contributed by atoms with E-state index in [0.717, 1.165) is 25.2 Å². The van der Waals surface area contributed by atoms with Crippen molar-refractivity contribution in [3.05, 3.63) is 47.9 Å². The van der Waals surface area contributed by atoms with Crippen molar-refractivity contribution in [1.29, 1.82) is 0 Å². The molecule has 2 heterocycles. The molecule has 0 aliphatic carbocycles. The number of piperazine rings is 1. The smallest absolute Gasteiger partial charge is 0.416 e. The van der Waals surface area contributed by atoms with Crippen LogP contribution in [-0.4, -0.2) is 39.1 Å². The first kappa shape index (κ1) is 17.3. The van der Waals surface area contributed by atoms with Crippen LogP contribution in [0.2, 0.25) is 0 Å². The average molecular weight is 354 g/mol. The minimum absolute atomic E-state index is 0.0474. The van der Waals surface area contributed by atoms with E-state index in [9.17, 15) is 18.0 Å². The number of hydrogen-bond acceptors (Lipinski definition) is 3. The lowest BCUT2D eigenvalue weighted by atomic mass is 10.1. The number of hydrogen-bond donors (Lipinski definition) is 2. The second-order valence-electron chi connectivity index (χ2n) is 6.11. The van der Waals surface area contributed by atoms with Crippen molar-refractivity contribution in [2.45, 2.75) is 6.18 Å². The number of furan rings is 1. The summed E-state index contributed by atoms with van der Waals surface area (Å²) in [7, 11) is 2.07. The average Bonchev–Trinajstić information content (AvgIpc) is 3.09. The van der Waals surface area contributed by atoms with E-state index in [2.05, 4.69) is 12.4 Å². The Morgan fingerprint density at radius 2 is 1.96 bits per heavy atom. The number of likely N-dealkylation sites (N-methyl/N-ethyl adjacent to an activating group) is 1. The van der Waals surface area contributed by atoms with Gasteiger partial charge in [0.05, 0.1) is 56.4 Å². The first-order valence-electron chi connectivity index (χ1n) is 7.97. The van der Waals surface area contributed by atoms with Crippen molar-refractivity contribution in [3.63, 3.8) is 0 Å². The lowest BCUT2D eigenvalue weighted by molar-refractivity contribution is -0.880. The summed E-state index contributed by atoms with van der Waals surface area (Å²) in [4.78, 5) is 15.6. The van der Waals surface area contributed by atoms with Gasteiger partial charge in [0, 0.05) is 0 Å². The fourth-order valence-electron chi connectivity index (χ4n) is 2.81. The second-order valence-corrected chi connectivity index (χ2v) is 6.11. The molecule has 1 aliphatic heterocycles. The third-order valence-corrected chi connectivity index (χ3v) is 4.27. The summed E-state index contributed by atoms with van der Waals surface area (Å²) < 4.78 is 44.2. The molecule has 1 aliphatic rings. The van der Waals surface area contributed by atoms with Crippen LogP contribution in [0.15, 0.2) is 41.0 Å². The molecule has 0 bridgehead atoms. The highest BCUT2D eigenvalue weighted by atomic mass is 19.4. The summed E-state index contributed by atoms with van der Waals surface area (Å²) >= 11 is 0. The fraction of sp³-hybridized carbons (Fsp3) is 0.353. The number of rotatable bonds is 3. The Hall–Kier alpha value is -2.48. The van der Waals surface area contributed by atoms with E-state index in [4.69, 9.17) is 4.42 Å². The quantitative estimate of drug-likeness (QED) is 0.885. The molecule has 1 aromatic carbocycles. The van der Waals surface area contributed by atoms with Gasteiger partial charge in [-0.15, -0.1) is 0 Å². The molecule has 1 aromatic heterocycles. The largest absolute Gasteiger partial charge is 0.459 e. The van der Waals surface area contributed by atoms with Crippen LogP contribution in [0, 0.1) is 0 Å². The number of carbonyl (C=O) groups is 1. The number of carbonyl (C=O) groups excluding carboxylic acids is 1. The van der Waals surface area contributed by atoms with E-state index in [1.165, 1.54) is 23.3 Å². The highest BCUT2D eigenvalue weighted by Crippen LogP contribution is 2.35. The van der Waals surface area contributed by atoms with E-state index in [0.29, 0.717) is 18.8 Å². The van der Waals surface area contributed by atoms with Gasteiger partial charge >= 0.3 is 6.18 Å². The molecule has 5 nitrogen and oxygen atoms in total. The van der Waals surface area contributed by atoms with E-state index >= 15 is 0 Å². The van der Waals surface area contributed by atoms with Gasteiger partial charge in [-0.1, -0.05) is 0 Å². The van der Waals surface area contributed by atoms with Crippen LogP contribution >= 0.6 is 0 Å². The van der Waals surface area contributed by atoms with Crippen LogP contribution in [0.25, 0.3) is 0 Å². The van der Waals surface area contributed by atoms with Gasteiger partial charge in [0.2, 0.25) is 0 Å². The zero-order chi connectivity index (χ0) is 18.0. The highest BCUT2D eigenvalue weighted by molar-refractivity contribution is 6.04. The topological polar surface area (TPSA) is 49.9 Å². The maximum Gasteiger partial charge on any atom is 0.416 e. The molecule has 3 rings (SSSR count). The van der Waals surface area contributed by atoms with Crippen LogP contribution in [0.1, 0.15) is 16.1 Å². The molecule has 0 radical (unpaired) electrons. The van der Waals surface area contributed by atoms with Crippen molar-refractivity contribution in [3.8, 4) is 0 Å². The molecule has 1 fully saturated rings. The number of quaternary nitrogens is 1. The van der Waals surface area contributed by atoms with Crippen molar-refractivity contribution in [1.82, 2.24) is 0 Å². The number of nitrogens with zero attached hydrogens (tertiary/aromatic N) is 1. The minimum Gasteiger partial charge on any atom is -0.459 e. The van der Waals surface area contributed by atoms with Crippen LogP contribution in [0.5, 0.6) is 0 Å². The SMILES string of the molecule is C[NH+]1CCN(c2ccc(C(F)(F)F)cc2NC(=O)c2ccco2)CC1. The Morgan fingerprint density at radius 3 is 2.56 bits per heavy atom. The van der Waals surface area contributed by atoms with Gasteiger partial charge in [-0.3, -0.25) is 4.79 Å². The summed E-state index contributed by atoms with van der Waals surface area (Å²) in [5.74, 6) is -0.531. The molecule has 0 unspecified atom stereocenters. The predicted molar refractivity (Wildman–Crippen MR) is 86.9 cm³/mol. The summed E-state index contributed by atoms with van der Waals surface area (Å²) in [6, 6.07) is 6.44. The molecule has 134 valence electrons. The van der Waals surface area contributed by atoms with Gasteiger partial charge in [0.1, 0.15) is 0 Å². The normalized spacial score (nSPS) is 16.1. The summed E-state index contributed by atoms with van der Waals surface area (Å²) in [6.07, 6.45) is -3.14. The van der Waals surface area contributed by atoms with Gasteiger partial charge in [0.25, 0.3) is 5.91 Å². The zero-order valence-corrected chi connectivity index (χ0v) is 13.7. The molecular weight excluding hydrogens is 335 g/mol. The maximum atomic E-state index is 13.1.